The Hall–Kier alpha value is -3.49. The van der Waals surface area contributed by atoms with Crippen LogP contribution in [-0.2, 0) is 4.79 Å². The summed E-state index contributed by atoms with van der Waals surface area (Å²) in [5.41, 5.74) is 3.51. The number of nitrogens with zero attached hydrogens (tertiary/aromatic N) is 5. The quantitative estimate of drug-likeness (QED) is 0.419. The second-order valence-corrected chi connectivity index (χ2v) is 9.23. The summed E-state index contributed by atoms with van der Waals surface area (Å²) < 4.78 is 1.67. The van der Waals surface area contributed by atoms with E-state index >= 15 is 0 Å². The van der Waals surface area contributed by atoms with Crippen LogP contribution in [0.1, 0.15) is 17.2 Å². The maximum absolute atomic E-state index is 13.0. The minimum Gasteiger partial charge on any atom is -0.331 e. The molecule has 1 N–H and O–H groups in total. The fraction of sp³-hybridized carbons (Fsp3) is 0.231. The van der Waals surface area contributed by atoms with Gasteiger partial charge in [0.15, 0.2) is 0 Å². The third-order valence-electron chi connectivity index (χ3n) is 6.20. The first-order chi connectivity index (χ1) is 16.8. The Balaban J connectivity index is 1.21. The summed E-state index contributed by atoms with van der Waals surface area (Å²) in [5, 5.41) is 12.6. The monoisotopic (exact) mass is 471 g/mol. The van der Waals surface area contributed by atoms with Gasteiger partial charge in [-0.15, -0.1) is 5.10 Å². The first-order valence-corrected chi connectivity index (χ1v) is 12.5. The van der Waals surface area contributed by atoms with E-state index in [-0.39, 0.29) is 11.9 Å². The van der Waals surface area contributed by atoms with Gasteiger partial charge in [0.2, 0.25) is 11.1 Å². The molecule has 7 nitrogen and oxygen atoms in total. The van der Waals surface area contributed by atoms with Crippen LogP contribution in [0.15, 0.2) is 96.2 Å². The van der Waals surface area contributed by atoms with Gasteiger partial charge in [0.05, 0.1) is 37.6 Å². The standard InChI is InChI=1S/C26H26N6OS/c33-24(20-34-26-27-28-29-32(26)23-14-8-3-9-15-23)30-16-18-31(19-17-30)25(21-10-4-1-5-11-21)22-12-6-2-7-13-22/h1-15,25H,16-20H2/p+1. The van der Waals surface area contributed by atoms with Crippen LogP contribution in [0.25, 0.3) is 5.69 Å². The molecular weight excluding hydrogens is 444 g/mol. The predicted octanol–water partition coefficient (Wildman–Crippen LogP) is 2.27. The molecule has 0 saturated carbocycles. The molecule has 0 atom stereocenters. The maximum Gasteiger partial charge on any atom is 0.233 e. The van der Waals surface area contributed by atoms with Crippen LogP contribution in [0.3, 0.4) is 0 Å². The van der Waals surface area contributed by atoms with E-state index in [0.29, 0.717) is 10.9 Å². The van der Waals surface area contributed by atoms with E-state index < -0.39 is 0 Å². The van der Waals surface area contributed by atoms with Gasteiger partial charge >= 0.3 is 0 Å². The normalized spacial score (nSPS) is 14.4. The summed E-state index contributed by atoms with van der Waals surface area (Å²) in [4.78, 5) is 16.4. The molecule has 34 heavy (non-hydrogen) atoms. The van der Waals surface area contributed by atoms with Crippen molar-refractivity contribution in [1.29, 1.82) is 0 Å². The Labute approximate surface area is 203 Å². The molecule has 1 aromatic heterocycles. The molecule has 1 aliphatic rings. The van der Waals surface area contributed by atoms with Gasteiger partial charge in [0.25, 0.3) is 0 Å². The third-order valence-corrected chi connectivity index (χ3v) is 7.10. The molecule has 1 amide bonds. The lowest BCUT2D eigenvalue weighted by molar-refractivity contribution is -0.929. The van der Waals surface area contributed by atoms with Crippen molar-refractivity contribution in [1.82, 2.24) is 25.1 Å². The lowest BCUT2D eigenvalue weighted by atomic mass is 9.96. The zero-order valence-corrected chi connectivity index (χ0v) is 19.6. The van der Waals surface area contributed by atoms with Crippen LogP contribution >= 0.6 is 11.8 Å². The first-order valence-electron chi connectivity index (χ1n) is 11.5. The topological polar surface area (TPSA) is 68.4 Å². The summed E-state index contributed by atoms with van der Waals surface area (Å²) in [6.07, 6.45) is 0. The number of benzene rings is 3. The molecule has 0 unspecified atom stereocenters. The van der Waals surface area contributed by atoms with Crippen LogP contribution in [0.4, 0.5) is 0 Å². The molecule has 8 heteroatoms. The Morgan fingerprint density at radius 2 is 1.41 bits per heavy atom. The number of para-hydroxylation sites is 1. The number of carbonyl (C=O) groups is 1. The number of hydrogen-bond donors (Lipinski definition) is 1. The lowest BCUT2D eigenvalue weighted by Crippen LogP contribution is -3.15. The average Bonchev–Trinajstić information content (AvgIpc) is 3.38. The molecular formula is C26H27N6OS+. The zero-order valence-electron chi connectivity index (χ0n) is 18.8. The summed E-state index contributed by atoms with van der Waals surface area (Å²) in [7, 11) is 0. The molecule has 172 valence electrons. The number of thioether (sulfide) groups is 1. The van der Waals surface area contributed by atoms with Gasteiger partial charge in [0, 0.05) is 11.1 Å². The molecule has 1 saturated heterocycles. The van der Waals surface area contributed by atoms with Crippen molar-refractivity contribution in [3.8, 4) is 5.69 Å². The second kappa shape index (κ2) is 10.6. The average molecular weight is 472 g/mol. The molecule has 0 radical (unpaired) electrons. The summed E-state index contributed by atoms with van der Waals surface area (Å²) >= 11 is 1.38. The highest BCUT2D eigenvalue weighted by molar-refractivity contribution is 7.99. The number of amides is 1. The number of quaternary nitrogens is 1. The van der Waals surface area contributed by atoms with Gasteiger partial charge in [-0.25, -0.2) is 0 Å². The molecule has 0 bridgehead atoms. The second-order valence-electron chi connectivity index (χ2n) is 8.29. The smallest absolute Gasteiger partial charge is 0.233 e. The largest absolute Gasteiger partial charge is 0.331 e. The minimum absolute atomic E-state index is 0.127. The van der Waals surface area contributed by atoms with E-state index in [1.807, 2.05) is 35.2 Å². The van der Waals surface area contributed by atoms with E-state index in [9.17, 15) is 4.79 Å². The van der Waals surface area contributed by atoms with Gasteiger partial charge in [-0.05, 0) is 22.6 Å². The number of nitrogens with one attached hydrogen (secondary N) is 1. The highest BCUT2D eigenvalue weighted by Gasteiger charge is 2.31. The molecule has 2 heterocycles. The predicted molar refractivity (Wildman–Crippen MR) is 132 cm³/mol. The Morgan fingerprint density at radius 3 is 2.00 bits per heavy atom. The fourth-order valence-corrected chi connectivity index (χ4v) is 5.30. The molecule has 1 aliphatic heterocycles. The number of aromatic nitrogens is 4. The summed E-state index contributed by atoms with van der Waals surface area (Å²) in [6.45, 7) is 3.31. The van der Waals surface area contributed by atoms with Crippen molar-refractivity contribution >= 4 is 17.7 Å². The van der Waals surface area contributed by atoms with Crippen LogP contribution in [0.2, 0.25) is 0 Å². The van der Waals surface area contributed by atoms with Crippen molar-refractivity contribution in [2.24, 2.45) is 0 Å². The Bertz CT molecular complexity index is 1150. The lowest BCUT2D eigenvalue weighted by Gasteiger charge is -2.37. The fourth-order valence-electron chi connectivity index (χ4n) is 4.50. The number of tetrazole rings is 1. The molecule has 1 fully saturated rings. The highest BCUT2D eigenvalue weighted by Crippen LogP contribution is 2.20. The summed E-state index contributed by atoms with van der Waals surface area (Å²) in [6, 6.07) is 31.3. The molecule has 4 aromatic rings. The van der Waals surface area contributed by atoms with Crippen LogP contribution in [0.5, 0.6) is 0 Å². The Kier molecular flexibility index (Phi) is 6.97. The first kappa shape index (κ1) is 22.3. The van der Waals surface area contributed by atoms with Crippen LogP contribution in [-0.4, -0.2) is 62.9 Å². The zero-order chi connectivity index (χ0) is 23.2. The van der Waals surface area contributed by atoms with Crippen molar-refractivity contribution in [3.05, 3.63) is 102 Å². The molecule has 5 rings (SSSR count). The van der Waals surface area contributed by atoms with Gasteiger partial charge in [0.1, 0.15) is 6.04 Å². The van der Waals surface area contributed by atoms with Crippen molar-refractivity contribution < 1.29 is 9.69 Å². The molecule has 3 aromatic carbocycles. The summed E-state index contributed by atoms with van der Waals surface area (Å²) in [5.74, 6) is 0.450. The minimum atomic E-state index is 0.127. The highest BCUT2D eigenvalue weighted by atomic mass is 32.2. The van der Waals surface area contributed by atoms with E-state index in [1.165, 1.54) is 27.8 Å². The van der Waals surface area contributed by atoms with Gasteiger partial charge in [-0.1, -0.05) is 90.6 Å². The van der Waals surface area contributed by atoms with E-state index in [2.05, 4.69) is 76.2 Å². The van der Waals surface area contributed by atoms with E-state index in [1.54, 1.807) is 4.68 Å². The van der Waals surface area contributed by atoms with Gasteiger partial charge < -0.3 is 9.80 Å². The molecule has 0 spiro atoms. The van der Waals surface area contributed by atoms with Crippen molar-refractivity contribution in [3.63, 3.8) is 0 Å². The number of rotatable bonds is 7. The number of piperazine rings is 1. The van der Waals surface area contributed by atoms with Crippen LogP contribution < -0.4 is 4.90 Å². The van der Waals surface area contributed by atoms with Crippen molar-refractivity contribution in [2.45, 2.75) is 11.2 Å². The third kappa shape index (κ3) is 5.03. The van der Waals surface area contributed by atoms with Gasteiger partial charge in [-0.2, -0.15) is 4.68 Å². The van der Waals surface area contributed by atoms with Crippen molar-refractivity contribution in [2.75, 3.05) is 31.9 Å². The Morgan fingerprint density at radius 1 is 0.853 bits per heavy atom. The van der Waals surface area contributed by atoms with E-state index in [0.717, 1.165) is 31.9 Å². The van der Waals surface area contributed by atoms with E-state index in [4.69, 9.17) is 0 Å². The number of carbonyl (C=O) groups excluding carboxylic acids is 1. The number of hydrogen-bond acceptors (Lipinski definition) is 5. The maximum atomic E-state index is 13.0. The van der Waals surface area contributed by atoms with Crippen LogP contribution in [0, 0.1) is 0 Å². The SMILES string of the molecule is O=C(CSc1nnnn1-c1ccccc1)N1CC[NH+](C(c2ccccc2)c2ccccc2)CC1. The molecule has 0 aliphatic carbocycles. The van der Waals surface area contributed by atoms with Gasteiger partial charge in [-0.3, -0.25) is 4.79 Å².